The fourth-order valence-corrected chi connectivity index (χ4v) is 4.12. The van der Waals surface area contributed by atoms with Crippen molar-refractivity contribution < 1.29 is 14.7 Å². The highest BCUT2D eigenvalue weighted by molar-refractivity contribution is 8.00. The number of hydrogen-bond acceptors (Lipinski definition) is 5. The van der Waals surface area contributed by atoms with Crippen LogP contribution in [0.1, 0.15) is 24.0 Å². The number of carbonyl (C=O) groups is 2. The number of carbonyl (C=O) groups excluding carboxylic acids is 1. The molecule has 0 aromatic carbocycles. The Morgan fingerprint density at radius 3 is 2.84 bits per heavy atom. The number of rotatable bonds is 4. The largest absolute Gasteiger partial charge is 0.480 e. The fraction of sp³-hybridized carbons (Fsp3) is 0.583. The molecule has 1 aliphatic heterocycles. The van der Waals surface area contributed by atoms with Crippen molar-refractivity contribution in [2.45, 2.75) is 38.1 Å². The van der Waals surface area contributed by atoms with Gasteiger partial charge in [-0.3, -0.25) is 4.79 Å². The number of nitrogens with zero attached hydrogens (tertiary/aromatic N) is 2. The molecular weight excluding hydrogens is 284 g/mol. The van der Waals surface area contributed by atoms with E-state index in [2.05, 4.69) is 4.98 Å². The molecule has 104 valence electrons. The van der Waals surface area contributed by atoms with Crippen molar-refractivity contribution in [2.24, 2.45) is 0 Å². The third-order valence-electron chi connectivity index (χ3n) is 3.01. The smallest absolute Gasteiger partial charge is 0.327 e. The normalized spacial score (nSPS) is 22.7. The molecule has 0 saturated carbocycles. The summed E-state index contributed by atoms with van der Waals surface area (Å²) in [5.74, 6) is -0.601. The van der Waals surface area contributed by atoms with Crippen molar-refractivity contribution in [1.82, 2.24) is 9.88 Å². The predicted octanol–water partition coefficient (Wildman–Crippen LogP) is 1.76. The lowest BCUT2D eigenvalue weighted by Crippen LogP contribution is -2.46. The Balaban J connectivity index is 2.12. The topological polar surface area (TPSA) is 70.5 Å². The van der Waals surface area contributed by atoms with E-state index in [1.165, 1.54) is 28.0 Å². The van der Waals surface area contributed by atoms with Crippen LogP contribution in [0.4, 0.5) is 0 Å². The summed E-state index contributed by atoms with van der Waals surface area (Å²) in [7, 11) is 0. The Bertz CT molecular complexity index is 489. The van der Waals surface area contributed by atoms with Crippen molar-refractivity contribution in [1.29, 1.82) is 0 Å². The summed E-state index contributed by atoms with van der Waals surface area (Å²) in [5.41, 5.74) is 0.725. The lowest BCUT2D eigenvalue weighted by Gasteiger charge is -2.26. The zero-order chi connectivity index (χ0) is 14.0. The molecule has 1 aromatic rings. The molecule has 2 atom stereocenters. The summed E-state index contributed by atoms with van der Waals surface area (Å²) < 4.78 is 0. The lowest BCUT2D eigenvalue weighted by atomic mass is 10.2. The minimum atomic E-state index is -0.925. The van der Waals surface area contributed by atoms with Crippen LogP contribution in [0, 0.1) is 6.92 Å². The molecule has 2 unspecified atom stereocenters. The molecule has 0 radical (unpaired) electrons. The Hall–Kier alpha value is -1.08. The zero-order valence-electron chi connectivity index (χ0n) is 10.8. The number of aromatic nitrogens is 1. The van der Waals surface area contributed by atoms with Crippen LogP contribution in [0.15, 0.2) is 5.38 Å². The third-order valence-corrected chi connectivity index (χ3v) is 5.29. The van der Waals surface area contributed by atoms with E-state index in [0.717, 1.165) is 17.1 Å². The van der Waals surface area contributed by atoms with E-state index in [1.54, 1.807) is 0 Å². The van der Waals surface area contributed by atoms with Crippen molar-refractivity contribution in [3.05, 3.63) is 16.1 Å². The number of thiazole rings is 1. The first kappa shape index (κ1) is 14.3. The van der Waals surface area contributed by atoms with Gasteiger partial charge in [0.2, 0.25) is 5.91 Å². The van der Waals surface area contributed by atoms with Gasteiger partial charge in [-0.1, -0.05) is 6.92 Å². The zero-order valence-corrected chi connectivity index (χ0v) is 12.5. The Labute approximate surface area is 120 Å². The molecule has 1 aliphatic rings. The van der Waals surface area contributed by atoms with E-state index in [4.69, 9.17) is 0 Å². The molecule has 2 rings (SSSR count). The van der Waals surface area contributed by atoms with Crippen LogP contribution in [-0.4, -0.2) is 44.0 Å². The van der Waals surface area contributed by atoms with E-state index in [-0.39, 0.29) is 17.7 Å². The van der Waals surface area contributed by atoms with E-state index < -0.39 is 12.0 Å². The number of aryl methyl sites for hydroxylation is 1. The maximum Gasteiger partial charge on any atom is 0.327 e. The number of carboxylic acids is 1. The Morgan fingerprint density at radius 1 is 1.58 bits per heavy atom. The molecule has 0 bridgehead atoms. The summed E-state index contributed by atoms with van der Waals surface area (Å²) in [6.45, 7) is 3.86. The molecule has 0 aliphatic carbocycles. The van der Waals surface area contributed by atoms with Gasteiger partial charge in [-0.05, 0) is 13.3 Å². The second kappa shape index (κ2) is 5.92. The number of hydrogen-bond donors (Lipinski definition) is 1. The first-order valence-electron chi connectivity index (χ1n) is 6.09. The molecule has 1 amide bonds. The second-order valence-corrected chi connectivity index (χ2v) is 6.66. The molecule has 1 aromatic heterocycles. The molecule has 2 heterocycles. The average molecular weight is 300 g/mol. The van der Waals surface area contributed by atoms with Crippen molar-refractivity contribution >= 4 is 35.0 Å². The molecule has 1 N–H and O–H groups in total. The monoisotopic (exact) mass is 300 g/mol. The van der Waals surface area contributed by atoms with Gasteiger partial charge in [0, 0.05) is 11.1 Å². The molecule has 19 heavy (non-hydrogen) atoms. The third kappa shape index (κ3) is 3.09. The van der Waals surface area contributed by atoms with Crippen molar-refractivity contribution in [2.75, 3.05) is 5.75 Å². The quantitative estimate of drug-likeness (QED) is 0.917. The molecule has 5 nitrogen and oxygen atoms in total. The lowest BCUT2D eigenvalue weighted by molar-refractivity contribution is -0.148. The maximum atomic E-state index is 12.3. The highest BCUT2D eigenvalue weighted by atomic mass is 32.2. The minimum absolute atomic E-state index is 0.0340. The van der Waals surface area contributed by atoms with E-state index in [1.807, 2.05) is 19.2 Å². The van der Waals surface area contributed by atoms with Gasteiger partial charge >= 0.3 is 5.97 Å². The maximum absolute atomic E-state index is 12.3. The molecule has 1 fully saturated rings. The summed E-state index contributed by atoms with van der Waals surface area (Å²) in [6, 6.07) is -0.706. The second-order valence-electron chi connectivity index (χ2n) is 4.39. The van der Waals surface area contributed by atoms with Gasteiger partial charge in [0.25, 0.3) is 0 Å². The van der Waals surface area contributed by atoms with Crippen LogP contribution in [0.5, 0.6) is 0 Å². The summed E-state index contributed by atoms with van der Waals surface area (Å²) >= 11 is 3.04. The van der Waals surface area contributed by atoms with Crippen molar-refractivity contribution in [3.8, 4) is 0 Å². The Morgan fingerprint density at radius 2 is 2.32 bits per heavy atom. The molecule has 1 saturated heterocycles. The van der Waals surface area contributed by atoms with Gasteiger partial charge in [-0.2, -0.15) is 0 Å². The van der Waals surface area contributed by atoms with Gasteiger partial charge in [0.05, 0.1) is 22.5 Å². The highest BCUT2D eigenvalue weighted by Crippen LogP contribution is 2.31. The summed E-state index contributed by atoms with van der Waals surface area (Å²) in [4.78, 5) is 29.3. The van der Waals surface area contributed by atoms with Gasteiger partial charge in [0.1, 0.15) is 6.04 Å². The molecule has 7 heteroatoms. The van der Waals surface area contributed by atoms with Gasteiger partial charge in [-0.25, -0.2) is 9.78 Å². The van der Waals surface area contributed by atoms with E-state index in [9.17, 15) is 14.7 Å². The standard InChI is InChI=1S/C12H16N2O3S2/c1-3-11-14(9(6-19-11)12(16)17)10(15)4-8-5-18-7(2)13-8/h5,9,11H,3-4,6H2,1-2H3,(H,16,17). The van der Waals surface area contributed by atoms with Crippen LogP contribution in [-0.2, 0) is 16.0 Å². The summed E-state index contributed by atoms with van der Waals surface area (Å²) in [5, 5.41) is 11.9. The average Bonchev–Trinajstić information content (AvgIpc) is 2.94. The Kier molecular flexibility index (Phi) is 4.46. The van der Waals surface area contributed by atoms with Gasteiger partial charge in [-0.15, -0.1) is 23.1 Å². The van der Waals surface area contributed by atoms with E-state index >= 15 is 0 Å². The first-order chi connectivity index (χ1) is 9.02. The van der Waals surface area contributed by atoms with Crippen LogP contribution >= 0.6 is 23.1 Å². The first-order valence-corrected chi connectivity index (χ1v) is 8.02. The fourth-order valence-electron chi connectivity index (χ4n) is 2.14. The van der Waals surface area contributed by atoms with Crippen LogP contribution in [0.25, 0.3) is 0 Å². The van der Waals surface area contributed by atoms with Crippen LogP contribution in [0.3, 0.4) is 0 Å². The number of carboxylic acid groups (broad SMARTS) is 1. The van der Waals surface area contributed by atoms with Crippen LogP contribution < -0.4 is 0 Å². The highest BCUT2D eigenvalue weighted by Gasteiger charge is 2.40. The van der Waals surface area contributed by atoms with E-state index in [0.29, 0.717) is 5.75 Å². The molecular formula is C12H16N2O3S2. The SMILES string of the molecule is CCC1SCC(C(=O)O)N1C(=O)Cc1csc(C)n1. The summed E-state index contributed by atoms with van der Waals surface area (Å²) in [6.07, 6.45) is 0.946. The molecule has 0 spiro atoms. The minimum Gasteiger partial charge on any atom is -0.480 e. The number of amides is 1. The van der Waals surface area contributed by atoms with Crippen molar-refractivity contribution in [3.63, 3.8) is 0 Å². The van der Waals surface area contributed by atoms with Gasteiger partial charge in [0.15, 0.2) is 0 Å². The van der Waals surface area contributed by atoms with Gasteiger partial charge < -0.3 is 10.0 Å². The van der Waals surface area contributed by atoms with Crippen LogP contribution in [0.2, 0.25) is 0 Å². The number of thioether (sulfide) groups is 1. The predicted molar refractivity (Wildman–Crippen MR) is 75.4 cm³/mol. The number of aliphatic carboxylic acids is 1.